The largest absolute Gasteiger partial charge is 0.466 e. The topological polar surface area (TPSA) is 84.5 Å². The molecule has 0 heterocycles. The van der Waals surface area contributed by atoms with E-state index >= 15 is 0 Å². The monoisotopic (exact) mass is 356 g/mol. The minimum atomic E-state index is -0.426. The first-order valence-electron chi connectivity index (χ1n) is 6.49. The molecule has 0 aliphatic rings. The molecule has 0 unspecified atom stereocenters. The summed E-state index contributed by atoms with van der Waals surface area (Å²) >= 11 is 3.31. The van der Waals surface area contributed by atoms with E-state index in [2.05, 4.69) is 26.6 Å². The van der Waals surface area contributed by atoms with E-state index in [0.29, 0.717) is 5.69 Å². The lowest BCUT2D eigenvalue weighted by Gasteiger charge is -2.08. The third kappa shape index (κ3) is 6.89. The summed E-state index contributed by atoms with van der Waals surface area (Å²) in [5.74, 6) is -1.14. The molecule has 114 valence electrons. The summed E-state index contributed by atoms with van der Waals surface area (Å²) in [5.41, 5.74) is 0.628. The molecule has 0 aliphatic heterocycles. The second-order valence-electron chi connectivity index (χ2n) is 4.11. The SMILES string of the molecule is CCOC(=O)CCC(=O)NCC(=O)Nc1ccccc1Br. The van der Waals surface area contributed by atoms with E-state index in [0.717, 1.165) is 4.47 Å². The van der Waals surface area contributed by atoms with Gasteiger partial charge in [-0.05, 0) is 35.0 Å². The highest BCUT2D eigenvalue weighted by Crippen LogP contribution is 2.20. The zero-order valence-electron chi connectivity index (χ0n) is 11.6. The van der Waals surface area contributed by atoms with Crippen molar-refractivity contribution in [1.29, 1.82) is 0 Å². The smallest absolute Gasteiger partial charge is 0.306 e. The van der Waals surface area contributed by atoms with Crippen molar-refractivity contribution in [3.8, 4) is 0 Å². The molecule has 0 spiro atoms. The number of ether oxygens (including phenoxy) is 1. The summed E-state index contributed by atoms with van der Waals surface area (Å²) in [6.45, 7) is 1.84. The number of halogens is 1. The minimum absolute atomic E-state index is 0.00114. The molecule has 0 saturated heterocycles. The molecule has 6 nitrogen and oxygen atoms in total. The molecule has 0 atom stereocenters. The normalized spacial score (nSPS) is 9.81. The average Bonchev–Trinajstić information content (AvgIpc) is 2.46. The third-order valence-electron chi connectivity index (χ3n) is 2.46. The van der Waals surface area contributed by atoms with Crippen molar-refractivity contribution in [1.82, 2.24) is 5.32 Å². The van der Waals surface area contributed by atoms with Crippen LogP contribution in [0.4, 0.5) is 5.69 Å². The van der Waals surface area contributed by atoms with E-state index in [4.69, 9.17) is 4.74 Å². The molecule has 2 amide bonds. The van der Waals surface area contributed by atoms with Gasteiger partial charge in [0.15, 0.2) is 0 Å². The average molecular weight is 357 g/mol. The Morgan fingerprint density at radius 3 is 2.52 bits per heavy atom. The number of carbonyl (C=O) groups is 3. The number of nitrogens with one attached hydrogen (secondary N) is 2. The molecular formula is C14H17BrN2O4. The van der Waals surface area contributed by atoms with Crippen LogP contribution in [-0.4, -0.2) is 30.9 Å². The quantitative estimate of drug-likeness (QED) is 0.730. The van der Waals surface area contributed by atoms with Crippen LogP contribution in [0, 0.1) is 0 Å². The molecule has 21 heavy (non-hydrogen) atoms. The fourth-order valence-electron chi connectivity index (χ4n) is 1.47. The van der Waals surface area contributed by atoms with Gasteiger partial charge in [-0.3, -0.25) is 14.4 Å². The van der Waals surface area contributed by atoms with Gasteiger partial charge in [0.2, 0.25) is 11.8 Å². The maximum Gasteiger partial charge on any atom is 0.306 e. The highest BCUT2D eigenvalue weighted by molar-refractivity contribution is 9.10. The fourth-order valence-corrected chi connectivity index (χ4v) is 1.86. The maximum absolute atomic E-state index is 11.7. The van der Waals surface area contributed by atoms with E-state index < -0.39 is 5.97 Å². The number of rotatable bonds is 7. The number of hydrogen-bond donors (Lipinski definition) is 2. The standard InChI is InChI=1S/C14H17BrN2O4/c1-2-21-14(20)8-7-12(18)16-9-13(19)17-11-6-4-3-5-10(11)15/h3-6H,2,7-9H2,1H3,(H,16,18)(H,17,19). The summed E-state index contributed by atoms with van der Waals surface area (Å²) in [4.78, 5) is 34.2. The predicted molar refractivity (Wildman–Crippen MR) is 81.6 cm³/mol. The van der Waals surface area contributed by atoms with Crippen molar-refractivity contribution in [2.45, 2.75) is 19.8 Å². The summed E-state index contributed by atoms with van der Waals surface area (Å²) < 4.78 is 5.46. The minimum Gasteiger partial charge on any atom is -0.466 e. The Kier molecular flexibility index (Phi) is 7.45. The first-order valence-corrected chi connectivity index (χ1v) is 7.29. The van der Waals surface area contributed by atoms with Gasteiger partial charge in [-0.1, -0.05) is 12.1 Å². The number of benzene rings is 1. The van der Waals surface area contributed by atoms with Crippen LogP contribution in [0.15, 0.2) is 28.7 Å². The molecule has 1 aromatic rings. The molecule has 0 radical (unpaired) electrons. The summed E-state index contributed by atoms with van der Waals surface area (Å²) in [7, 11) is 0. The van der Waals surface area contributed by atoms with Gasteiger partial charge in [0.05, 0.1) is 25.3 Å². The Hall–Kier alpha value is -1.89. The Balaban J connectivity index is 2.28. The predicted octanol–water partition coefficient (Wildman–Crippen LogP) is 1.85. The molecule has 0 fully saturated rings. The van der Waals surface area contributed by atoms with Crippen molar-refractivity contribution in [3.63, 3.8) is 0 Å². The van der Waals surface area contributed by atoms with Crippen LogP contribution >= 0.6 is 15.9 Å². The fraction of sp³-hybridized carbons (Fsp3) is 0.357. The maximum atomic E-state index is 11.7. The number of hydrogen-bond acceptors (Lipinski definition) is 4. The molecule has 0 aliphatic carbocycles. The van der Waals surface area contributed by atoms with Crippen LogP contribution in [0.25, 0.3) is 0 Å². The summed E-state index contributed by atoms with van der Waals surface area (Å²) in [6.07, 6.45) is 0.00662. The summed E-state index contributed by atoms with van der Waals surface area (Å²) in [5, 5.41) is 5.10. The highest BCUT2D eigenvalue weighted by atomic mass is 79.9. The number of amides is 2. The van der Waals surface area contributed by atoms with Crippen LogP contribution in [0.3, 0.4) is 0 Å². The molecular weight excluding hydrogens is 340 g/mol. The second-order valence-corrected chi connectivity index (χ2v) is 4.96. The van der Waals surface area contributed by atoms with Crippen molar-refractivity contribution in [3.05, 3.63) is 28.7 Å². The molecule has 2 N–H and O–H groups in total. The van der Waals surface area contributed by atoms with Crippen LogP contribution in [0.1, 0.15) is 19.8 Å². The van der Waals surface area contributed by atoms with Gasteiger partial charge >= 0.3 is 5.97 Å². The van der Waals surface area contributed by atoms with Gasteiger partial charge in [-0.15, -0.1) is 0 Å². The van der Waals surface area contributed by atoms with E-state index in [9.17, 15) is 14.4 Å². The number of esters is 1. The van der Waals surface area contributed by atoms with Gasteiger partial charge in [0.25, 0.3) is 0 Å². The van der Waals surface area contributed by atoms with Gasteiger partial charge in [-0.25, -0.2) is 0 Å². The molecule has 0 aromatic heterocycles. The zero-order chi connectivity index (χ0) is 15.7. The number of anilines is 1. The first kappa shape index (κ1) is 17.2. The first-order chi connectivity index (χ1) is 10.0. The lowest BCUT2D eigenvalue weighted by molar-refractivity contribution is -0.144. The van der Waals surface area contributed by atoms with E-state index in [-0.39, 0.29) is 37.8 Å². The third-order valence-corrected chi connectivity index (χ3v) is 3.15. The van der Waals surface area contributed by atoms with Crippen LogP contribution < -0.4 is 10.6 Å². The molecule has 0 bridgehead atoms. The van der Waals surface area contributed by atoms with Crippen molar-refractivity contribution in [2.24, 2.45) is 0 Å². The number of carbonyl (C=O) groups excluding carboxylic acids is 3. The highest BCUT2D eigenvalue weighted by Gasteiger charge is 2.10. The van der Waals surface area contributed by atoms with Gasteiger partial charge in [0, 0.05) is 10.9 Å². The lowest BCUT2D eigenvalue weighted by atomic mass is 10.3. The van der Waals surface area contributed by atoms with E-state index in [1.54, 1.807) is 25.1 Å². The van der Waals surface area contributed by atoms with Gasteiger partial charge in [-0.2, -0.15) is 0 Å². The van der Waals surface area contributed by atoms with Gasteiger partial charge < -0.3 is 15.4 Å². The lowest BCUT2D eigenvalue weighted by Crippen LogP contribution is -2.33. The van der Waals surface area contributed by atoms with Crippen molar-refractivity contribution < 1.29 is 19.1 Å². The Labute approximate surface area is 131 Å². The van der Waals surface area contributed by atoms with Crippen LogP contribution in [-0.2, 0) is 19.1 Å². The molecule has 7 heteroatoms. The molecule has 1 rings (SSSR count). The Morgan fingerprint density at radius 1 is 1.14 bits per heavy atom. The van der Waals surface area contributed by atoms with Crippen LogP contribution in [0.2, 0.25) is 0 Å². The Morgan fingerprint density at radius 2 is 1.86 bits per heavy atom. The van der Waals surface area contributed by atoms with E-state index in [1.165, 1.54) is 0 Å². The van der Waals surface area contributed by atoms with Gasteiger partial charge in [0.1, 0.15) is 0 Å². The molecule has 0 saturated carbocycles. The van der Waals surface area contributed by atoms with E-state index in [1.807, 2.05) is 6.07 Å². The van der Waals surface area contributed by atoms with Crippen LogP contribution in [0.5, 0.6) is 0 Å². The zero-order valence-corrected chi connectivity index (χ0v) is 13.2. The van der Waals surface area contributed by atoms with Crippen molar-refractivity contribution >= 4 is 39.4 Å². The second kappa shape index (κ2) is 9.12. The summed E-state index contributed by atoms with van der Waals surface area (Å²) in [6, 6.07) is 7.16. The Bertz CT molecular complexity index is 519. The number of para-hydroxylation sites is 1. The van der Waals surface area contributed by atoms with Crippen molar-refractivity contribution in [2.75, 3.05) is 18.5 Å². The molecule has 1 aromatic carbocycles.